The molecule has 1 atom stereocenters. The van der Waals surface area contributed by atoms with E-state index in [-0.39, 0.29) is 31.1 Å². The lowest BCUT2D eigenvalue weighted by Gasteiger charge is -2.48. The largest absolute Gasteiger partial charge is 0.426 e. The number of alkyl halides is 3. The summed E-state index contributed by atoms with van der Waals surface area (Å²) in [6, 6.07) is 5.58. The molecule has 2 N–H and O–H groups in total. The van der Waals surface area contributed by atoms with Gasteiger partial charge in [-0.25, -0.2) is 0 Å². The molecule has 11 heteroatoms. The van der Waals surface area contributed by atoms with Crippen molar-refractivity contribution < 1.29 is 27.9 Å². The summed E-state index contributed by atoms with van der Waals surface area (Å²) in [6.07, 6.45) is -3.92. The van der Waals surface area contributed by atoms with Crippen LogP contribution in [0.5, 0.6) is 0 Å². The second-order valence-corrected chi connectivity index (χ2v) is 10.0. The maximum Gasteiger partial charge on any atom is 0.426 e. The summed E-state index contributed by atoms with van der Waals surface area (Å²) in [4.78, 5) is 29.5. The van der Waals surface area contributed by atoms with E-state index in [1.807, 2.05) is 6.07 Å². The minimum absolute atomic E-state index is 0.168. The number of halogens is 4. The Kier molecular flexibility index (Phi) is 7.74. The maximum absolute atomic E-state index is 13.4. The first-order chi connectivity index (χ1) is 15.8. The fraction of sp³-hybridized carbons (Fsp3) is 0.652. The Morgan fingerprint density at radius 2 is 1.76 bits per heavy atom. The lowest BCUT2D eigenvalue weighted by atomic mass is 9.87. The van der Waals surface area contributed by atoms with Crippen molar-refractivity contribution in [3.8, 4) is 0 Å². The van der Waals surface area contributed by atoms with Gasteiger partial charge in [0.2, 0.25) is 5.60 Å². The summed E-state index contributed by atoms with van der Waals surface area (Å²) in [7, 11) is 3.32. The first-order valence-corrected chi connectivity index (χ1v) is 11.7. The van der Waals surface area contributed by atoms with E-state index in [1.165, 1.54) is 18.7 Å². The van der Waals surface area contributed by atoms with E-state index in [4.69, 9.17) is 11.6 Å². The van der Waals surface area contributed by atoms with Crippen molar-refractivity contribution >= 4 is 29.1 Å². The monoisotopic (exact) mass is 504 g/mol. The molecule has 0 saturated carbocycles. The highest BCUT2D eigenvalue weighted by Crippen LogP contribution is 2.38. The highest BCUT2D eigenvalue weighted by atomic mass is 35.5. The van der Waals surface area contributed by atoms with E-state index >= 15 is 0 Å². The number of nitrogens with zero attached hydrogens (tertiary/aromatic N) is 3. The summed E-state index contributed by atoms with van der Waals surface area (Å²) < 4.78 is 40.3. The van der Waals surface area contributed by atoms with Gasteiger partial charge in [-0.2, -0.15) is 13.2 Å². The predicted octanol–water partition coefficient (Wildman–Crippen LogP) is 3.08. The van der Waals surface area contributed by atoms with Crippen molar-refractivity contribution in [1.29, 1.82) is 0 Å². The van der Waals surface area contributed by atoms with Gasteiger partial charge in [0, 0.05) is 57.9 Å². The molecule has 190 valence electrons. The molecule has 2 amide bonds. The number of anilines is 1. The second kappa shape index (κ2) is 9.91. The molecule has 0 radical (unpaired) electrons. The van der Waals surface area contributed by atoms with E-state index in [2.05, 4.69) is 10.2 Å². The molecule has 2 heterocycles. The molecule has 2 fully saturated rings. The highest BCUT2D eigenvalue weighted by Gasteiger charge is 2.62. The number of carbonyl (C=O) groups is 2. The first kappa shape index (κ1) is 26.6. The molecule has 1 unspecified atom stereocenters. The Morgan fingerprint density at radius 3 is 2.24 bits per heavy atom. The standard InChI is InChI=1S/C23H32ClF3N4O3/c1-14(2)22(34,23(25,26)27)21(33)30-9-7-17(8-10-30)31-12-16(13-31)28-15-5-6-18(19(24)11-15)20(32)29(3)4/h5-6,11,14,16-17,28,34H,7-10,12-13H2,1-4H3. The van der Waals surface area contributed by atoms with E-state index in [9.17, 15) is 27.9 Å². The maximum atomic E-state index is 13.4. The molecule has 7 nitrogen and oxygen atoms in total. The number of rotatable bonds is 6. The average Bonchev–Trinajstić information content (AvgIpc) is 2.73. The van der Waals surface area contributed by atoms with Crippen LogP contribution in [-0.4, -0.2) is 95.8 Å². The molecule has 1 aromatic carbocycles. The molecular weight excluding hydrogens is 473 g/mol. The van der Waals surface area contributed by atoms with Gasteiger partial charge in [-0.05, 0) is 31.0 Å². The van der Waals surface area contributed by atoms with Gasteiger partial charge in [0.25, 0.3) is 11.8 Å². The third kappa shape index (κ3) is 5.13. The Morgan fingerprint density at radius 1 is 1.18 bits per heavy atom. The molecule has 2 aliphatic heterocycles. The Bertz CT molecular complexity index is 913. The molecule has 3 rings (SSSR count). The van der Waals surface area contributed by atoms with Gasteiger partial charge in [-0.15, -0.1) is 0 Å². The minimum Gasteiger partial charge on any atom is -0.380 e. The van der Waals surface area contributed by atoms with Crippen molar-refractivity contribution in [2.75, 3.05) is 45.6 Å². The minimum atomic E-state index is -5.02. The van der Waals surface area contributed by atoms with E-state index in [1.54, 1.807) is 26.2 Å². The molecule has 0 spiro atoms. The smallest absolute Gasteiger partial charge is 0.380 e. The summed E-state index contributed by atoms with van der Waals surface area (Å²) in [5, 5.41) is 13.9. The van der Waals surface area contributed by atoms with Gasteiger partial charge >= 0.3 is 6.18 Å². The summed E-state index contributed by atoms with van der Waals surface area (Å²) in [5.74, 6) is -2.70. The zero-order chi connectivity index (χ0) is 25.4. The quantitative estimate of drug-likeness (QED) is 0.623. The predicted molar refractivity (Wildman–Crippen MR) is 124 cm³/mol. The third-order valence-electron chi connectivity index (χ3n) is 6.75. The summed E-state index contributed by atoms with van der Waals surface area (Å²) in [6.45, 7) is 4.28. The zero-order valence-corrected chi connectivity index (χ0v) is 20.6. The number of likely N-dealkylation sites (tertiary alicyclic amines) is 2. The number of benzene rings is 1. The van der Waals surface area contributed by atoms with Gasteiger partial charge in [0.15, 0.2) is 0 Å². The highest BCUT2D eigenvalue weighted by molar-refractivity contribution is 6.34. The van der Waals surface area contributed by atoms with E-state index in [0.717, 1.165) is 23.7 Å². The van der Waals surface area contributed by atoms with Crippen LogP contribution in [0.15, 0.2) is 18.2 Å². The van der Waals surface area contributed by atoms with Crippen molar-refractivity contribution in [2.24, 2.45) is 5.92 Å². The van der Waals surface area contributed by atoms with E-state index in [0.29, 0.717) is 23.4 Å². The fourth-order valence-electron chi connectivity index (χ4n) is 4.53. The normalized spacial score (nSPS) is 20.1. The summed E-state index contributed by atoms with van der Waals surface area (Å²) in [5.41, 5.74) is -2.12. The van der Waals surface area contributed by atoms with Crippen molar-refractivity contribution in [3.05, 3.63) is 28.8 Å². The van der Waals surface area contributed by atoms with Crippen molar-refractivity contribution in [3.63, 3.8) is 0 Å². The molecule has 1 aromatic rings. The number of hydrogen-bond acceptors (Lipinski definition) is 5. The third-order valence-corrected chi connectivity index (χ3v) is 7.06. The number of aliphatic hydroxyl groups is 1. The fourth-order valence-corrected chi connectivity index (χ4v) is 4.79. The van der Waals surface area contributed by atoms with E-state index < -0.39 is 23.6 Å². The molecule has 0 aromatic heterocycles. The lowest BCUT2D eigenvalue weighted by molar-refractivity contribution is -0.270. The topological polar surface area (TPSA) is 76.1 Å². The molecule has 2 saturated heterocycles. The molecule has 2 aliphatic rings. The van der Waals surface area contributed by atoms with Gasteiger partial charge in [0.1, 0.15) is 0 Å². The SMILES string of the molecule is CC(C)C(O)(C(=O)N1CCC(N2CC(Nc3ccc(C(=O)N(C)C)c(Cl)c3)C2)CC1)C(F)(F)F. The van der Waals surface area contributed by atoms with Gasteiger partial charge in [-0.1, -0.05) is 25.4 Å². The zero-order valence-electron chi connectivity index (χ0n) is 19.8. The molecule has 34 heavy (non-hydrogen) atoms. The number of carbonyl (C=O) groups excluding carboxylic acids is 2. The Balaban J connectivity index is 1.50. The number of nitrogens with one attached hydrogen (secondary N) is 1. The lowest BCUT2D eigenvalue weighted by Crippen LogP contribution is -2.64. The van der Waals surface area contributed by atoms with Crippen LogP contribution in [0.1, 0.15) is 37.0 Å². The van der Waals surface area contributed by atoms with Crippen LogP contribution in [0.25, 0.3) is 0 Å². The molecule has 0 aliphatic carbocycles. The van der Waals surface area contributed by atoms with Crippen LogP contribution < -0.4 is 5.32 Å². The Labute approximate surface area is 202 Å². The molecule has 0 bridgehead atoms. The second-order valence-electron chi connectivity index (χ2n) is 9.63. The van der Waals surface area contributed by atoms with Gasteiger partial charge in [0.05, 0.1) is 16.6 Å². The van der Waals surface area contributed by atoms with Crippen LogP contribution in [-0.2, 0) is 4.79 Å². The van der Waals surface area contributed by atoms with Crippen molar-refractivity contribution in [1.82, 2.24) is 14.7 Å². The summed E-state index contributed by atoms with van der Waals surface area (Å²) >= 11 is 6.26. The van der Waals surface area contributed by atoms with Crippen LogP contribution in [0, 0.1) is 5.92 Å². The van der Waals surface area contributed by atoms with Crippen LogP contribution in [0.4, 0.5) is 18.9 Å². The number of amides is 2. The number of hydrogen-bond donors (Lipinski definition) is 2. The van der Waals surface area contributed by atoms with Crippen LogP contribution in [0.3, 0.4) is 0 Å². The number of piperidine rings is 1. The van der Waals surface area contributed by atoms with Gasteiger partial charge < -0.3 is 20.2 Å². The van der Waals surface area contributed by atoms with Gasteiger partial charge in [-0.3, -0.25) is 14.5 Å². The first-order valence-electron chi connectivity index (χ1n) is 11.4. The van der Waals surface area contributed by atoms with Crippen LogP contribution in [0.2, 0.25) is 5.02 Å². The van der Waals surface area contributed by atoms with Crippen LogP contribution >= 0.6 is 11.6 Å². The van der Waals surface area contributed by atoms with Crippen molar-refractivity contribution in [2.45, 2.75) is 50.6 Å². The Hall–Kier alpha value is -2.04. The average molecular weight is 505 g/mol. The molecular formula is C23H32ClF3N4O3.